The Balaban J connectivity index is 0.960. The topological polar surface area (TPSA) is 16.3 Å². The summed E-state index contributed by atoms with van der Waals surface area (Å²) in [4.78, 5) is 5.36. The molecule has 438 valence electrons. The van der Waals surface area contributed by atoms with E-state index in [4.69, 9.17) is 0 Å². The summed E-state index contributed by atoms with van der Waals surface area (Å²) in [6, 6.07) is 122. The minimum Gasteiger partial charge on any atom is -0.310 e. The number of aromatic nitrogens is 2. The zero-order chi connectivity index (χ0) is 61.9. The predicted molar refractivity (Wildman–Crippen MR) is 395 cm³/mol. The van der Waals surface area contributed by atoms with Gasteiger partial charge in [0.05, 0.1) is 33.4 Å². The molecule has 16 aromatic rings. The third-order valence-corrected chi connectivity index (χ3v) is 19.7. The molecule has 4 nitrogen and oxygen atoms in total. The van der Waals surface area contributed by atoms with Crippen molar-refractivity contribution in [3.05, 3.63) is 333 Å². The molecule has 0 radical (unpaired) electrons. The van der Waals surface area contributed by atoms with Crippen LogP contribution in [0.5, 0.6) is 0 Å². The second-order valence-electron chi connectivity index (χ2n) is 26.0. The lowest BCUT2D eigenvalue weighted by molar-refractivity contribution is 0.590. The van der Waals surface area contributed by atoms with Crippen LogP contribution in [0.3, 0.4) is 0 Å². The molecule has 2 aromatic heterocycles. The molecular formula is C88H63BN4. The smallest absolute Gasteiger partial charge is 0.252 e. The molecule has 0 N–H and O–H groups in total. The van der Waals surface area contributed by atoms with Gasteiger partial charge in [0.2, 0.25) is 0 Å². The van der Waals surface area contributed by atoms with Crippen LogP contribution in [0.15, 0.2) is 328 Å². The van der Waals surface area contributed by atoms with E-state index in [0.29, 0.717) is 0 Å². The summed E-state index contributed by atoms with van der Waals surface area (Å²) in [6.45, 7) is 6.95. The van der Waals surface area contributed by atoms with E-state index >= 15 is 0 Å². The van der Waals surface area contributed by atoms with Gasteiger partial charge in [-0.2, -0.15) is 0 Å². The van der Waals surface area contributed by atoms with Crippen molar-refractivity contribution in [3.63, 3.8) is 0 Å². The molecule has 0 spiro atoms. The van der Waals surface area contributed by atoms with Gasteiger partial charge >= 0.3 is 0 Å². The Morgan fingerprint density at radius 1 is 0.258 bits per heavy atom. The Hall–Kier alpha value is -11.7. The van der Waals surface area contributed by atoms with Gasteiger partial charge in [0.1, 0.15) is 0 Å². The predicted octanol–water partition coefficient (Wildman–Crippen LogP) is 21.6. The average Bonchev–Trinajstić information content (AvgIpc) is 1.45. The van der Waals surface area contributed by atoms with Gasteiger partial charge in [-0.3, -0.25) is 0 Å². The first kappa shape index (κ1) is 54.3. The Morgan fingerprint density at radius 2 is 0.591 bits per heavy atom. The highest BCUT2D eigenvalue weighted by molar-refractivity contribution is 7.00. The second-order valence-corrected chi connectivity index (χ2v) is 26.0. The number of benzene rings is 14. The summed E-state index contributed by atoms with van der Waals surface area (Å²) in [5.74, 6) is 0. The highest BCUT2D eigenvalue weighted by Crippen LogP contribution is 2.54. The lowest BCUT2D eigenvalue weighted by Crippen LogP contribution is -2.61. The van der Waals surface area contributed by atoms with Crippen molar-refractivity contribution in [3.8, 4) is 67.0 Å². The Kier molecular flexibility index (Phi) is 12.6. The van der Waals surface area contributed by atoms with Gasteiger partial charge < -0.3 is 18.9 Å². The summed E-state index contributed by atoms with van der Waals surface area (Å²) in [5, 5.41) is 4.97. The first-order valence-electron chi connectivity index (χ1n) is 32.4. The van der Waals surface area contributed by atoms with E-state index in [1.807, 2.05) is 0 Å². The molecule has 18 rings (SSSR count). The molecule has 0 aliphatic carbocycles. The van der Waals surface area contributed by atoms with Crippen LogP contribution in [-0.2, 0) is 5.41 Å². The summed E-state index contributed by atoms with van der Waals surface area (Å²) in [6.07, 6.45) is 0. The number of anilines is 6. The zero-order valence-electron chi connectivity index (χ0n) is 52.0. The molecule has 0 amide bonds. The van der Waals surface area contributed by atoms with Crippen LogP contribution in [0.1, 0.15) is 26.3 Å². The number of hydrogen-bond donors (Lipinski definition) is 0. The Labute approximate surface area is 542 Å². The van der Waals surface area contributed by atoms with E-state index in [2.05, 4.69) is 367 Å². The first-order valence-corrected chi connectivity index (χ1v) is 32.4. The number of nitrogens with zero attached hydrogens (tertiary/aromatic N) is 4. The largest absolute Gasteiger partial charge is 0.310 e. The Morgan fingerprint density at radius 3 is 0.989 bits per heavy atom. The van der Waals surface area contributed by atoms with Crippen molar-refractivity contribution in [2.24, 2.45) is 0 Å². The molecule has 0 atom stereocenters. The molecule has 2 aliphatic heterocycles. The maximum absolute atomic E-state index is 2.68. The van der Waals surface area contributed by atoms with Crippen LogP contribution < -0.4 is 26.2 Å². The normalized spacial score (nSPS) is 12.6. The highest BCUT2D eigenvalue weighted by Gasteiger charge is 2.46. The summed E-state index contributed by atoms with van der Waals surface area (Å²) in [5.41, 5.74) is 30.1. The maximum atomic E-state index is 2.68. The molecule has 0 bridgehead atoms. The van der Waals surface area contributed by atoms with E-state index in [-0.39, 0.29) is 12.1 Å². The van der Waals surface area contributed by atoms with E-state index in [9.17, 15) is 0 Å². The highest BCUT2D eigenvalue weighted by atomic mass is 15.2. The maximum Gasteiger partial charge on any atom is 0.252 e. The van der Waals surface area contributed by atoms with Crippen LogP contribution in [0, 0.1) is 0 Å². The van der Waals surface area contributed by atoms with Gasteiger partial charge in [-0.25, -0.2) is 0 Å². The van der Waals surface area contributed by atoms with Crippen LogP contribution in [0.2, 0.25) is 0 Å². The molecule has 4 heterocycles. The molecule has 0 unspecified atom stereocenters. The summed E-state index contributed by atoms with van der Waals surface area (Å²) >= 11 is 0. The van der Waals surface area contributed by atoms with Crippen LogP contribution in [-0.4, -0.2) is 15.8 Å². The third-order valence-electron chi connectivity index (χ3n) is 19.7. The molecule has 0 fully saturated rings. The minimum absolute atomic E-state index is 0.187. The van der Waals surface area contributed by atoms with E-state index < -0.39 is 0 Å². The van der Waals surface area contributed by atoms with Crippen molar-refractivity contribution >= 4 is 101 Å². The number of rotatable bonds is 9. The SMILES string of the molecule is CC(C)(C)c1cc2c3c(c1)N(c1c(-c4ccccc4)cccc1-c1ccccc1)c1cc(-n4c5ccccc5c5ccccc54)ccc1B3c1ccc(-c3ccc(-n4c5ccccc5c5ccccc54)cc3)cc1N2c1c(-c2ccccc2)cccc1-c1ccccc1. The van der Waals surface area contributed by atoms with Crippen LogP contribution >= 0.6 is 0 Å². The molecular weight excluding hydrogens is 1120 g/mol. The van der Waals surface area contributed by atoms with Crippen molar-refractivity contribution in [2.45, 2.75) is 26.2 Å². The van der Waals surface area contributed by atoms with E-state index in [1.165, 1.54) is 65.6 Å². The molecule has 14 aromatic carbocycles. The number of para-hydroxylation sites is 6. The van der Waals surface area contributed by atoms with Crippen molar-refractivity contribution in [1.29, 1.82) is 0 Å². The lowest BCUT2D eigenvalue weighted by atomic mass is 9.33. The minimum atomic E-state index is -0.286. The van der Waals surface area contributed by atoms with Crippen molar-refractivity contribution in [1.82, 2.24) is 9.13 Å². The van der Waals surface area contributed by atoms with Gasteiger partial charge in [-0.1, -0.05) is 282 Å². The summed E-state index contributed by atoms with van der Waals surface area (Å²) in [7, 11) is 0. The molecule has 2 aliphatic rings. The lowest BCUT2D eigenvalue weighted by Gasteiger charge is -2.46. The third kappa shape index (κ3) is 8.68. The molecule has 0 saturated heterocycles. The van der Waals surface area contributed by atoms with Gasteiger partial charge in [-0.15, -0.1) is 0 Å². The van der Waals surface area contributed by atoms with Crippen molar-refractivity contribution in [2.75, 3.05) is 9.80 Å². The summed E-state index contributed by atoms with van der Waals surface area (Å²) < 4.78 is 4.89. The fourth-order valence-corrected chi connectivity index (χ4v) is 15.4. The quantitative estimate of drug-likeness (QED) is 0.134. The van der Waals surface area contributed by atoms with Gasteiger partial charge in [0.25, 0.3) is 6.71 Å². The zero-order valence-corrected chi connectivity index (χ0v) is 52.0. The van der Waals surface area contributed by atoms with Crippen LogP contribution in [0.25, 0.3) is 111 Å². The van der Waals surface area contributed by atoms with Gasteiger partial charge in [0.15, 0.2) is 0 Å². The van der Waals surface area contributed by atoms with Gasteiger partial charge in [-0.05, 0) is 127 Å². The van der Waals surface area contributed by atoms with E-state index in [1.54, 1.807) is 0 Å². The van der Waals surface area contributed by atoms with Crippen LogP contribution in [0.4, 0.5) is 34.1 Å². The van der Waals surface area contributed by atoms with Gasteiger partial charge in [0, 0.05) is 77.9 Å². The molecule has 93 heavy (non-hydrogen) atoms. The standard InChI is InChI=1S/C88H63BN4/c1-88(2,3)64-55-83-85-84(56-64)93(87-69(61-30-12-6-13-31-61)40-25-41-70(87)62-32-14-7-15-33-62)82-57-66(91-79-44-22-18-36-73(79)74-37-19-23-45-80(74)91)51-53-76(82)89(85)75-52-48-63(58-46-49-65(50-47-58)90-77-42-20-16-34-71(77)72-35-17-21-43-78(72)90)54-81(75)92(83)86-67(59-26-8-4-9-27-59)38-24-39-68(86)60-28-10-5-11-29-60/h4-57H,1-3H3. The molecule has 5 heteroatoms. The fraction of sp³-hybridized carbons (Fsp3) is 0.0455. The molecule has 0 saturated carbocycles. The second kappa shape index (κ2) is 21.5. The monoisotopic (exact) mass is 1190 g/mol. The average molecular weight is 1190 g/mol. The van der Waals surface area contributed by atoms with E-state index in [0.717, 1.165) is 101 Å². The van der Waals surface area contributed by atoms with Crippen molar-refractivity contribution < 1.29 is 0 Å². The Bertz CT molecular complexity index is 5380. The fourth-order valence-electron chi connectivity index (χ4n) is 15.4. The number of hydrogen-bond acceptors (Lipinski definition) is 2. The first-order chi connectivity index (χ1) is 45.8. The number of fused-ring (bicyclic) bond motifs is 10.